The summed E-state index contributed by atoms with van der Waals surface area (Å²) in [5.74, 6) is 0. The molecule has 0 radical (unpaired) electrons. The predicted octanol–water partition coefficient (Wildman–Crippen LogP) is 1.14. The standard InChI is InChI=1S/C17H29N3O3S/c1-14(15(2)23-4)18-13-16-7-5-6-8-17(16)24(21,22)20-11-9-19(3)10-12-20/h5-8,14-15,18H,9-13H2,1-4H3. The zero-order valence-electron chi connectivity index (χ0n) is 15.0. The molecule has 1 heterocycles. The molecule has 24 heavy (non-hydrogen) atoms. The average molecular weight is 356 g/mol. The van der Waals surface area contributed by atoms with E-state index in [9.17, 15) is 8.42 Å². The lowest BCUT2D eigenvalue weighted by molar-refractivity contribution is 0.0881. The second-order valence-electron chi connectivity index (χ2n) is 6.43. The van der Waals surface area contributed by atoms with Gasteiger partial charge in [0.15, 0.2) is 0 Å². The van der Waals surface area contributed by atoms with E-state index in [0.717, 1.165) is 18.7 Å². The molecule has 0 saturated carbocycles. The lowest BCUT2D eigenvalue weighted by Gasteiger charge is -2.32. The van der Waals surface area contributed by atoms with Crippen LogP contribution < -0.4 is 5.32 Å². The number of hydrogen-bond acceptors (Lipinski definition) is 5. The zero-order chi connectivity index (χ0) is 17.7. The average Bonchev–Trinajstić information content (AvgIpc) is 2.59. The van der Waals surface area contributed by atoms with Gasteiger partial charge in [0.2, 0.25) is 10.0 Å². The van der Waals surface area contributed by atoms with Gasteiger partial charge in [-0.15, -0.1) is 0 Å². The van der Waals surface area contributed by atoms with E-state index >= 15 is 0 Å². The van der Waals surface area contributed by atoms with Crippen LogP contribution in [0.2, 0.25) is 0 Å². The molecule has 136 valence electrons. The highest BCUT2D eigenvalue weighted by Crippen LogP contribution is 2.21. The number of benzene rings is 1. The molecular formula is C17H29N3O3S. The minimum absolute atomic E-state index is 0.0615. The Morgan fingerprint density at radius 3 is 2.42 bits per heavy atom. The lowest BCUT2D eigenvalue weighted by Crippen LogP contribution is -2.47. The molecular weight excluding hydrogens is 326 g/mol. The van der Waals surface area contributed by atoms with Crippen molar-refractivity contribution >= 4 is 10.0 Å². The third kappa shape index (κ3) is 4.55. The first-order chi connectivity index (χ1) is 11.4. The van der Waals surface area contributed by atoms with Gasteiger partial charge in [-0.3, -0.25) is 0 Å². The first-order valence-electron chi connectivity index (χ1n) is 8.39. The molecule has 1 aliphatic rings. The molecule has 0 bridgehead atoms. The lowest BCUT2D eigenvalue weighted by atomic mass is 10.1. The van der Waals surface area contributed by atoms with Crippen LogP contribution in [-0.4, -0.2) is 70.1 Å². The van der Waals surface area contributed by atoms with E-state index in [2.05, 4.69) is 10.2 Å². The first kappa shape index (κ1) is 19.3. The SMILES string of the molecule is COC(C)C(C)NCc1ccccc1S(=O)(=O)N1CCN(C)CC1. The molecule has 0 spiro atoms. The van der Waals surface area contributed by atoms with Crippen LogP contribution in [0.4, 0.5) is 0 Å². The van der Waals surface area contributed by atoms with Gasteiger partial charge < -0.3 is 15.0 Å². The van der Waals surface area contributed by atoms with E-state index in [0.29, 0.717) is 24.5 Å². The van der Waals surface area contributed by atoms with Crippen LogP contribution in [0.1, 0.15) is 19.4 Å². The van der Waals surface area contributed by atoms with Crippen molar-refractivity contribution in [2.24, 2.45) is 0 Å². The minimum atomic E-state index is -3.45. The molecule has 1 N–H and O–H groups in total. The van der Waals surface area contributed by atoms with Crippen molar-refractivity contribution in [2.45, 2.75) is 37.4 Å². The third-order valence-electron chi connectivity index (χ3n) is 4.74. The van der Waals surface area contributed by atoms with Crippen LogP contribution in [0.3, 0.4) is 0 Å². The largest absolute Gasteiger partial charge is 0.380 e. The Balaban J connectivity index is 2.15. The molecule has 1 aliphatic heterocycles. The van der Waals surface area contributed by atoms with Crippen molar-refractivity contribution in [2.75, 3.05) is 40.3 Å². The number of likely N-dealkylation sites (N-methyl/N-ethyl adjacent to an activating group) is 1. The number of hydrogen-bond donors (Lipinski definition) is 1. The summed E-state index contributed by atoms with van der Waals surface area (Å²) >= 11 is 0. The van der Waals surface area contributed by atoms with Crippen molar-refractivity contribution < 1.29 is 13.2 Å². The van der Waals surface area contributed by atoms with Gasteiger partial charge in [0.25, 0.3) is 0 Å². The van der Waals surface area contributed by atoms with E-state index in [-0.39, 0.29) is 12.1 Å². The number of sulfonamides is 1. The maximum absolute atomic E-state index is 13.0. The summed E-state index contributed by atoms with van der Waals surface area (Å²) in [6.45, 7) is 7.13. The van der Waals surface area contributed by atoms with E-state index in [4.69, 9.17) is 4.74 Å². The quantitative estimate of drug-likeness (QED) is 0.795. The van der Waals surface area contributed by atoms with Crippen LogP contribution in [0.25, 0.3) is 0 Å². The molecule has 0 amide bonds. The fourth-order valence-corrected chi connectivity index (χ4v) is 4.35. The first-order valence-corrected chi connectivity index (χ1v) is 9.83. The van der Waals surface area contributed by atoms with Crippen LogP contribution >= 0.6 is 0 Å². The topological polar surface area (TPSA) is 61.9 Å². The summed E-state index contributed by atoms with van der Waals surface area (Å²) in [7, 11) is 0.235. The molecule has 0 aliphatic carbocycles. The Bertz CT molecular complexity index is 628. The minimum Gasteiger partial charge on any atom is -0.380 e. The number of nitrogens with one attached hydrogen (secondary N) is 1. The second kappa shape index (κ2) is 8.40. The molecule has 7 heteroatoms. The molecule has 2 unspecified atom stereocenters. The Hall–Kier alpha value is -0.990. The van der Waals surface area contributed by atoms with Gasteiger partial charge in [-0.05, 0) is 32.5 Å². The van der Waals surface area contributed by atoms with Crippen molar-refractivity contribution in [1.82, 2.24) is 14.5 Å². The van der Waals surface area contributed by atoms with Gasteiger partial charge in [-0.1, -0.05) is 18.2 Å². The van der Waals surface area contributed by atoms with Crippen LogP contribution in [0.15, 0.2) is 29.2 Å². The van der Waals surface area contributed by atoms with Crippen LogP contribution in [0.5, 0.6) is 0 Å². The highest BCUT2D eigenvalue weighted by Gasteiger charge is 2.29. The molecule has 1 aromatic rings. The molecule has 1 saturated heterocycles. The maximum Gasteiger partial charge on any atom is 0.243 e. The Morgan fingerprint density at radius 1 is 1.17 bits per heavy atom. The maximum atomic E-state index is 13.0. The monoisotopic (exact) mass is 355 g/mol. The third-order valence-corrected chi connectivity index (χ3v) is 6.74. The molecule has 0 aromatic heterocycles. The summed E-state index contributed by atoms with van der Waals surface area (Å²) in [4.78, 5) is 2.55. The van der Waals surface area contributed by atoms with Crippen LogP contribution in [0, 0.1) is 0 Å². The molecule has 1 fully saturated rings. The number of methoxy groups -OCH3 is 1. The smallest absolute Gasteiger partial charge is 0.243 e. The number of piperazine rings is 1. The van der Waals surface area contributed by atoms with E-state index in [1.807, 2.05) is 33.0 Å². The summed E-state index contributed by atoms with van der Waals surface area (Å²) < 4.78 is 32.9. The number of nitrogens with zero attached hydrogens (tertiary/aromatic N) is 2. The van der Waals surface area contributed by atoms with Gasteiger partial charge in [0.1, 0.15) is 0 Å². The summed E-state index contributed by atoms with van der Waals surface area (Å²) in [5.41, 5.74) is 0.798. The summed E-state index contributed by atoms with van der Waals surface area (Å²) in [6, 6.07) is 7.38. The molecule has 2 rings (SSSR count). The Morgan fingerprint density at radius 2 is 1.79 bits per heavy atom. The zero-order valence-corrected chi connectivity index (χ0v) is 15.8. The van der Waals surface area contributed by atoms with Crippen LogP contribution in [-0.2, 0) is 21.3 Å². The van der Waals surface area contributed by atoms with Gasteiger partial charge in [0.05, 0.1) is 11.0 Å². The molecule has 2 atom stereocenters. The van der Waals surface area contributed by atoms with Crippen molar-refractivity contribution in [3.63, 3.8) is 0 Å². The van der Waals surface area contributed by atoms with E-state index in [1.54, 1.807) is 23.5 Å². The van der Waals surface area contributed by atoms with Gasteiger partial charge in [0, 0.05) is 45.9 Å². The van der Waals surface area contributed by atoms with Crippen molar-refractivity contribution in [3.8, 4) is 0 Å². The Kier molecular flexibility index (Phi) is 6.77. The predicted molar refractivity (Wildman–Crippen MR) is 95.5 cm³/mol. The highest BCUT2D eigenvalue weighted by atomic mass is 32.2. The van der Waals surface area contributed by atoms with E-state index < -0.39 is 10.0 Å². The second-order valence-corrected chi connectivity index (χ2v) is 8.33. The highest BCUT2D eigenvalue weighted by molar-refractivity contribution is 7.89. The number of rotatable bonds is 7. The summed E-state index contributed by atoms with van der Waals surface area (Å²) in [5, 5.41) is 3.36. The van der Waals surface area contributed by atoms with Gasteiger partial charge in [-0.25, -0.2) is 8.42 Å². The normalized spacial score (nSPS) is 20.0. The summed E-state index contributed by atoms with van der Waals surface area (Å²) in [6.07, 6.45) is 0.0615. The van der Waals surface area contributed by atoms with Gasteiger partial charge in [-0.2, -0.15) is 4.31 Å². The fourth-order valence-electron chi connectivity index (χ4n) is 2.71. The van der Waals surface area contributed by atoms with Crippen molar-refractivity contribution in [3.05, 3.63) is 29.8 Å². The van der Waals surface area contributed by atoms with E-state index in [1.165, 1.54) is 0 Å². The molecule has 6 nitrogen and oxygen atoms in total. The fraction of sp³-hybridized carbons (Fsp3) is 0.647. The number of ether oxygens (including phenoxy) is 1. The Labute approximate surface area is 145 Å². The molecule has 1 aromatic carbocycles. The van der Waals surface area contributed by atoms with Gasteiger partial charge >= 0.3 is 0 Å². The van der Waals surface area contributed by atoms with Crippen molar-refractivity contribution in [1.29, 1.82) is 0 Å².